The van der Waals surface area contributed by atoms with Gasteiger partial charge in [-0.1, -0.05) is 67.1 Å². The van der Waals surface area contributed by atoms with E-state index in [1.807, 2.05) is 49.5 Å². The average Bonchev–Trinajstić information content (AvgIpc) is 2.98. The van der Waals surface area contributed by atoms with E-state index >= 15 is 0 Å². The summed E-state index contributed by atoms with van der Waals surface area (Å²) in [6.07, 6.45) is 6.47. The third-order valence-corrected chi connectivity index (χ3v) is 6.85. The minimum atomic E-state index is 0.387. The summed E-state index contributed by atoms with van der Waals surface area (Å²) in [6, 6.07) is 22.5. The largest absolute Gasteiger partial charge is 0.495 e. The van der Waals surface area contributed by atoms with Gasteiger partial charge in [-0.3, -0.25) is 4.98 Å². The molecule has 40 heavy (non-hydrogen) atoms. The topological polar surface area (TPSA) is 84.0 Å². The highest BCUT2D eigenvalue weighted by Gasteiger charge is 2.13. The van der Waals surface area contributed by atoms with Crippen LogP contribution < -0.4 is 20.7 Å². The maximum atomic E-state index is 6.43. The summed E-state index contributed by atoms with van der Waals surface area (Å²) in [5.41, 5.74) is 8.01. The first-order valence-corrected chi connectivity index (χ1v) is 13.5. The molecule has 0 unspecified atom stereocenters. The van der Waals surface area contributed by atoms with Crippen LogP contribution in [0, 0.1) is 6.92 Å². The number of nitrogens with one attached hydrogen (secondary N) is 3. The van der Waals surface area contributed by atoms with Crippen molar-refractivity contribution >= 4 is 51.3 Å². The molecule has 5 aromatic rings. The Bertz CT molecular complexity index is 1680. The normalized spacial score (nSPS) is 11.4. The predicted molar refractivity (Wildman–Crippen MR) is 166 cm³/mol. The number of halogens is 1. The fourth-order valence-corrected chi connectivity index (χ4v) is 4.71. The number of pyridine rings is 1. The molecule has 0 fully saturated rings. The molecule has 0 atom stereocenters. The summed E-state index contributed by atoms with van der Waals surface area (Å²) in [6.45, 7) is 4.21. The van der Waals surface area contributed by atoms with Crippen LogP contribution in [0.15, 0.2) is 85.2 Å². The smallest absolute Gasteiger partial charge is 0.229 e. The molecule has 0 spiro atoms. The van der Waals surface area contributed by atoms with Gasteiger partial charge < -0.3 is 20.7 Å². The van der Waals surface area contributed by atoms with Gasteiger partial charge in [0.05, 0.1) is 36.4 Å². The van der Waals surface area contributed by atoms with Crippen molar-refractivity contribution in [1.29, 1.82) is 0 Å². The van der Waals surface area contributed by atoms with Crippen LogP contribution in [-0.2, 0) is 0 Å². The lowest BCUT2D eigenvalue weighted by molar-refractivity contribution is 0.417. The minimum absolute atomic E-state index is 0.387. The van der Waals surface area contributed by atoms with Gasteiger partial charge in [0, 0.05) is 18.1 Å². The molecular formula is C32H31ClN6O. The zero-order valence-electron chi connectivity index (χ0n) is 22.9. The van der Waals surface area contributed by atoms with Gasteiger partial charge in [-0.2, -0.15) is 4.98 Å². The van der Waals surface area contributed by atoms with E-state index in [1.165, 1.54) is 0 Å². The summed E-state index contributed by atoms with van der Waals surface area (Å²) in [7, 11) is 3.60. The van der Waals surface area contributed by atoms with Crippen LogP contribution in [0.5, 0.6) is 5.75 Å². The Morgan fingerprint density at radius 2 is 1.77 bits per heavy atom. The number of anilines is 4. The van der Waals surface area contributed by atoms with E-state index in [1.54, 1.807) is 19.5 Å². The van der Waals surface area contributed by atoms with Gasteiger partial charge in [-0.25, -0.2) is 4.98 Å². The van der Waals surface area contributed by atoms with Gasteiger partial charge in [0.15, 0.2) is 5.82 Å². The van der Waals surface area contributed by atoms with Crippen LogP contribution in [-0.4, -0.2) is 29.1 Å². The van der Waals surface area contributed by atoms with Crippen molar-refractivity contribution in [3.63, 3.8) is 0 Å². The molecule has 0 bridgehead atoms. The lowest BCUT2D eigenvalue weighted by Crippen LogP contribution is -2.04. The molecule has 0 aliphatic rings. The SMILES string of the molecule is CCC=C(NC)c1ccc(-c2cc(OC)c(Nc3ncc(Cl)c(Nc4cnc5ccccc5c4)n3)cc2C)cc1. The third kappa shape index (κ3) is 5.84. The number of aromatic nitrogens is 3. The Labute approximate surface area is 239 Å². The van der Waals surface area contributed by atoms with E-state index in [0.717, 1.165) is 56.6 Å². The second-order valence-corrected chi connectivity index (χ2v) is 9.68. The monoisotopic (exact) mass is 550 g/mol. The van der Waals surface area contributed by atoms with E-state index in [0.29, 0.717) is 22.5 Å². The number of methoxy groups -OCH3 is 1. The second-order valence-electron chi connectivity index (χ2n) is 9.28. The molecule has 0 saturated heterocycles. The number of para-hydroxylation sites is 1. The van der Waals surface area contributed by atoms with Crippen molar-refractivity contribution in [3.8, 4) is 16.9 Å². The molecule has 0 aliphatic heterocycles. The maximum absolute atomic E-state index is 6.43. The highest BCUT2D eigenvalue weighted by atomic mass is 35.5. The fraction of sp³-hybridized carbons (Fsp3) is 0.156. The van der Waals surface area contributed by atoms with Crippen molar-refractivity contribution in [2.75, 3.05) is 24.8 Å². The highest BCUT2D eigenvalue weighted by molar-refractivity contribution is 6.32. The first-order chi connectivity index (χ1) is 19.5. The van der Waals surface area contributed by atoms with Crippen LogP contribution in [0.3, 0.4) is 0 Å². The molecule has 7 nitrogen and oxygen atoms in total. The highest BCUT2D eigenvalue weighted by Crippen LogP contribution is 2.36. The molecule has 2 heterocycles. The van der Waals surface area contributed by atoms with Gasteiger partial charge in [0.1, 0.15) is 10.8 Å². The molecule has 3 N–H and O–H groups in total. The molecule has 8 heteroatoms. The average molecular weight is 551 g/mol. The maximum Gasteiger partial charge on any atom is 0.229 e. The number of ether oxygens (including phenoxy) is 1. The van der Waals surface area contributed by atoms with Crippen LogP contribution in [0.1, 0.15) is 24.5 Å². The molecule has 202 valence electrons. The number of hydrogen-bond donors (Lipinski definition) is 3. The summed E-state index contributed by atoms with van der Waals surface area (Å²) >= 11 is 6.43. The van der Waals surface area contributed by atoms with Crippen LogP contribution in [0.4, 0.5) is 23.1 Å². The Kier molecular flexibility index (Phi) is 8.12. The van der Waals surface area contributed by atoms with Gasteiger partial charge in [-0.05, 0) is 59.9 Å². The molecule has 0 amide bonds. The number of hydrogen-bond acceptors (Lipinski definition) is 7. The van der Waals surface area contributed by atoms with E-state index in [-0.39, 0.29) is 0 Å². The van der Waals surface area contributed by atoms with Gasteiger partial charge in [0.25, 0.3) is 0 Å². The minimum Gasteiger partial charge on any atom is -0.495 e. The number of fused-ring (bicyclic) bond motifs is 1. The zero-order valence-corrected chi connectivity index (χ0v) is 23.7. The summed E-state index contributed by atoms with van der Waals surface area (Å²) < 4.78 is 5.75. The lowest BCUT2D eigenvalue weighted by Gasteiger charge is -2.16. The fourth-order valence-electron chi connectivity index (χ4n) is 4.57. The van der Waals surface area contributed by atoms with Crippen molar-refractivity contribution < 1.29 is 4.74 Å². The third-order valence-electron chi connectivity index (χ3n) is 6.57. The first-order valence-electron chi connectivity index (χ1n) is 13.1. The molecule has 5 rings (SSSR count). The van der Waals surface area contributed by atoms with Gasteiger partial charge in [-0.15, -0.1) is 0 Å². The van der Waals surface area contributed by atoms with Crippen molar-refractivity contribution in [2.24, 2.45) is 0 Å². The Hall–Kier alpha value is -4.62. The van der Waals surface area contributed by atoms with E-state index in [4.69, 9.17) is 16.3 Å². The summed E-state index contributed by atoms with van der Waals surface area (Å²) in [4.78, 5) is 13.5. The molecule has 0 saturated carbocycles. The quantitative estimate of drug-likeness (QED) is 0.171. The van der Waals surface area contributed by atoms with Crippen molar-refractivity contribution in [3.05, 3.63) is 101 Å². The number of nitrogens with zero attached hydrogens (tertiary/aromatic N) is 3. The zero-order chi connectivity index (χ0) is 28.1. The van der Waals surface area contributed by atoms with Crippen molar-refractivity contribution in [1.82, 2.24) is 20.3 Å². The number of rotatable bonds is 9. The summed E-state index contributed by atoms with van der Waals surface area (Å²) in [5, 5.41) is 11.2. The van der Waals surface area contributed by atoms with Crippen LogP contribution in [0.25, 0.3) is 27.7 Å². The molecular weight excluding hydrogens is 520 g/mol. The molecule has 0 radical (unpaired) electrons. The second kappa shape index (κ2) is 12.1. The molecule has 2 aromatic heterocycles. The van der Waals surface area contributed by atoms with Crippen LogP contribution in [0.2, 0.25) is 5.02 Å². The number of benzene rings is 3. The van der Waals surface area contributed by atoms with Gasteiger partial charge in [0.2, 0.25) is 5.95 Å². The van der Waals surface area contributed by atoms with E-state index in [9.17, 15) is 0 Å². The van der Waals surface area contributed by atoms with Gasteiger partial charge >= 0.3 is 0 Å². The Balaban J connectivity index is 1.40. The predicted octanol–water partition coefficient (Wildman–Crippen LogP) is 8.12. The Morgan fingerprint density at radius 3 is 2.52 bits per heavy atom. The first kappa shape index (κ1) is 27.0. The lowest BCUT2D eigenvalue weighted by atomic mass is 9.97. The Morgan fingerprint density at radius 1 is 0.975 bits per heavy atom. The standard InChI is InChI=1S/C32H31ClN6O/c1-5-8-27(34-3)22-13-11-21(12-14-22)25-17-30(40-4)29(15-20(25)2)38-32-36-19-26(33)31(39-32)37-24-16-23-9-6-7-10-28(23)35-18-24/h6-19,34H,5H2,1-4H3,(H2,36,37,38,39). The van der Waals surface area contributed by atoms with Crippen molar-refractivity contribution in [2.45, 2.75) is 20.3 Å². The summed E-state index contributed by atoms with van der Waals surface area (Å²) in [5.74, 6) is 1.54. The van der Waals surface area contributed by atoms with E-state index in [2.05, 4.69) is 75.1 Å². The number of allylic oxidation sites excluding steroid dienone is 1. The number of aryl methyl sites for hydroxylation is 1. The molecule has 0 aliphatic carbocycles. The van der Waals surface area contributed by atoms with E-state index < -0.39 is 0 Å². The van der Waals surface area contributed by atoms with Crippen LogP contribution >= 0.6 is 11.6 Å². The molecule has 3 aromatic carbocycles.